The molecule has 0 fully saturated rings. The Hall–Kier alpha value is -2.93. The van der Waals surface area contributed by atoms with Crippen LogP contribution in [0.5, 0.6) is 5.75 Å². The minimum absolute atomic E-state index is 0.0721. The van der Waals surface area contributed by atoms with Crippen molar-refractivity contribution in [3.63, 3.8) is 0 Å². The van der Waals surface area contributed by atoms with Crippen LogP contribution in [0, 0.1) is 11.7 Å². The molecule has 2 amide bonds. The second kappa shape index (κ2) is 9.53. The molecule has 2 aromatic rings. The molecule has 0 radical (unpaired) electrons. The summed E-state index contributed by atoms with van der Waals surface area (Å²) in [5.41, 5.74) is 5.92. The fourth-order valence-corrected chi connectivity index (χ4v) is 2.12. The molecule has 1 atom stereocenters. The number of amides is 2. The van der Waals surface area contributed by atoms with E-state index in [1.54, 1.807) is 30.3 Å². The summed E-state index contributed by atoms with van der Waals surface area (Å²) in [6.07, 6.45) is 0. The molecule has 0 saturated carbocycles. The van der Waals surface area contributed by atoms with Gasteiger partial charge in [0.2, 0.25) is 0 Å². The Morgan fingerprint density at radius 2 is 1.85 bits per heavy atom. The normalized spacial score (nSPS) is 11.5. The van der Waals surface area contributed by atoms with Gasteiger partial charge in [0.25, 0.3) is 11.8 Å². The predicted octanol–water partition coefficient (Wildman–Crippen LogP) is 2.17. The Labute approximate surface area is 151 Å². The summed E-state index contributed by atoms with van der Waals surface area (Å²) in [6, 6.07) is 12.4. The van der Waals surface area contributed by atoms with Gasteiger partial charge in [-0.2, -0.15) is 0 Å². The first-order valence-electron chi connectivity index (χ1n) is 8.25. The molecule has 0 aliphatic rings. The van der Waals surface area contributed by atoms with Crippen LogP contribution in [0.2, 0.25) is 0 Å². The molecule has 0 aliphatic heterocycles. The molecule has 2 aromatic carbocycles. The van der Waals surface area contributed by atoms with Crippen LogP contribution in [0.15, 0.2) is 48.5 Å². The summed E-state index contributed by atoms with van der Waals surface area (Å²) in [5, 5.41) is 5.20. The molecule has 6 nitrogen and oxygen atoms in total. The number of carbonyl (C=O) groups excluding carboxylic acids is 2. The number of nitrogens with two attached hydrogens (primary N) is 1. The van der Waals surface area contributed by atoms with Crippen molar-refractivity contribution in [2.45, 2.75) is 6.92 Å². The summed E-state index contributed by atoms with van der Waals surface area (Å²) in [5.74, 6) is -0.945. The summed E-state index contributed by atoms with van der Waals surface area (Å²) in [4.78, 5) is 24.2. The number of hydrogen-bond donors (Lipinski definition) is 3. The van der Waals surface area contributed by atoms with Crippen molar-refractivity contribution in [1.82, 2.24) is 5.32 Å². The van der Waals surface area contributed by atoms with E-state index in [0.29, 0.717) is 18.7 Å². The Balaban J connectivity index is 1.96. The van der Waals surface area contributed by atoms with Crippen molar-refractivity contribution in [2.75, 3.05) is 25.0 Å². The van der Waals surface area contributed by atoms with E-state index in [1.165, 1.54) is 18.2 Å². The highest BCUT2D eigenvalue weighted by atomic mass is 19.1. The third-order valence-electron chi connectivity index (χ3n) is 3.65. The van der Waals surface area contributed by atoms with Gasteiger partial charge in [-0.1, -0.05) is 31.2 Å². The predicted molar refractivity (Wildman–Crippen MR) is 97.5 cm³/mol. The minimum atomic E-state index is -0.533. The average Bonchev–Trinajstić information content (AvgIpc) is 2.66. The Bertz CT molecular complexity index is 767. The van der Waals surface area contributed by atoms with E-state index in [9.17, 15) is 14.0 Å². The highest BCUT2D eigenvalue weighted by Crippen LogP contribution is 2.18. The molecule has 0 aromatic heterocycles. The lowest BCUT2D eigenvalue weighted by molar-refractivity contribution is -0.118. The van der Waals surface area contributed by atoms with E-state index in [4.69, 9.17) is 10.5 Å². The number of benzene rings is 2. The van der Waals surface area contributed by atoms with E-state index in [2.05, 4.69) is 10.6 Å². The smallest absolute Gasteiger partial charge is 0.262 e. The van der Waals surface area contributed by atoms with E-state index in [-0.39, 0.29) is 29.9 Å². The third kappa shape index (κ3) is 5.56. The van der Waals surface area contributed by atoms with Crippen LogP contribution >= 0.6 is 0 Å². The summed E-state index contributed by atoms with van der Waals surface area (Å²) in [7, 11) is 0. The van der Waals surface area contributed by atoms with E-state index >= 15 is 0 Å². The maximum absolute atomic E-state index is 13.5. The van der Waals surface area contributed by atoms with Gasteiger partial charge in [-0.25, -0.2) is 4.39 Å². The van der Waals surface area contributed by atoms with Gasteiger partial charge in [0, 0.05) is 6.54 Å². The minimum Gasteiger partial charge on any atom is -0.483 e. The van der Waals surface area contributed by atoms with Crippen molar-refractivity contribution in [2.24, 2.45) is 11.7 Å². The van der Waals surface area contributed by atoms with Gasteiger partial charge in [-0.15, -0.1) is 0 Å². The maximum Gasteiger partial charge on any atom is 0.262 e. The first-order chi connectivity index (χ1) is 12.5. The largest absolute Gasteiger partial charge is 0.483 e. The maximum atomic E-state index is 13.5. The standard InChI is InChI=1S/C19H22FN3O3/c1-13(10-21)11-22-19(25)14-6-2-5-9-17(14)26-12-18(24)23-16-8-4-3-7-15(16)20/h2-9,13H,10-12,21H2,1H3,(H,22,25)(H,23,24). The monoisotopic (exact) mass is 359 g/mol. The fourth-order valence-electron chi connectivity index (χ4n) is 2.12. The molecule has 1 unspecified atom stereocenters. The molecule has 0 heterocycles. The SMILES string of the molecule is CC(CN)CNC(=O)c1ccccc1OCC(=O)Nc1ccccc1F. The molecule has 0 bridgehead atoms. The van der Waals surface area contributed by atoms with Gasteiger partial charge in [0.1, 0.15) is 11.6 Å². The van der Waals surface area contributed by atoms with Crippen LogP contribution in [-0.2, 0) is 4.79 Å². The quantitative estimate of drug-likeness (QED) is 0.673. The molecule has 26 heavy (non-hydrogen) atoms. The molecule has 0 saturated heterocycles. The number of anilines is 1. The number of carbonyl (C=O) groups is 2. The molecule has 2 rings (SSSR count). The van der Waals surface area contributed by atoms with Crippen molar-refractivity contribution in [3.8, 4) is 5.75 Å². The van der Waals surface area contributed by atoms with Gasteiger partial charge in [-0.05, 0) is 36.7 Å². The zero-order valence-corrected chi connectivity index (χ0v) is 14.5. The molecule has 0 spiro atoms. The van der Waals surface area contributed by atoms with Crippen molar-refractivity contribution >= 4 is 17.5 Å². The van der Waals surface area contributed by atoms with Crippen LogP contribution in [0.4, 0.5) is 10.1 Å². The average molecular weight is 359 g/mol. The highest BCUT2D eigenvalue weighted by Gasteiger charge is 2.14. The van der Waals surface area contributed by atoms with E-state index in [1.807, 2.05) is 6.92 Å². The van der Waals surface area contributed by atoms with Crippen LogP contribution in [0.1, 0.15) is 17.3 Å². The third-order valence-corrected chi connectivity index (χ3v) is 3.65. The highest BCUT2D eigenvalue weighted by molar-refractivity contribution is 5.97. The lowest BCUT2D eigenvalue weighted by Gasteiger charge is -2.13. The van der Waals surface area contributed by atoms with Gasteiger partial charge < -0.3 is 21.1 Å². The number of ether oxygens (including phenoxy) is 1. The van der Waals surface area contributed by atoms with Crippen molar-refractivity contribution in [3.05, 3.63) is 59.9 Å². The molecule has 138 valence electrons. The Morgan fingerprint density at radius 1 is 1.15 bits per heavy atom. The Kier molecular flexibility index (Phi) is 7.11. The lowest BCUT2D eigenvalue weighted by Crippen LogP contribution is -2.31. The number of rotatable bonds is 8. The fraction of sp³-hybridized carbons (Fsp3) is 0.263. The topological polar surface area (TPSA) is 93.4 Å². The van der Waals surface area contributed by atoms with Gasteiger partial charge in [0.05, 0.1) is 11.3 Å². The Morgan fingerprint density at radius 3 is 2.58 bits per heavy atom. The number of para-hydroxylation sites is 2. The second-order valence-electron chi connectivity index (χ2n) is 5.86. The van der Waals surface area contributed by atoms with Crippen LogP contribution in [-0.4, -0.2) is 31.5 Å². The summed E-state index contributed by atoms with van der Waals surface area (Å²) < 4.78 is 19.0. The molecule has 4 N–H and O–H groups in total. The number of nitrogens with one attached hydrogen (secondary N) is 2. The van der Waals surface area contributed by atoms with Crippen molar-refractivity contribution < 1.29 is 18.7 Å². The zero-order valence-electron chi connectivity index (χ0n) is 14.5. The summed E-state index contributed by atoms with van der Waals surface area (Å²) in [6.45, 7) is 2.49. The molecule has 7 heteroatoms. The number of hydrogen-bond acceptors (Lipinski definition) is 4. The van der Waals surface area contributed by atoms with Crippen LogP contribution in [0.3, 0.4) is 0 Å². The van der Waals surface area contributed by atoms with Crippen LogP contribution in [0.25, 0.3) is 0 Å². The molecule has 0 aliphatic carbocycles. The molecular weight excluding hydrogens is 337 g/mol. The first-order valence-corrected chi connectivity index (χ1v) is 8.25. The van der Waals surface area contributed by atoms with Crippen molar-refractivity contribution in [1.29, 1.82) is 0 Å². The summed E-state index contributed by atoms with van der Waals surface area (Å²) >= 11 is 0. The molecular formula is C19H22FN3O3. The van der Waals surface area contributed by atoms with Gasteiger partial charge in [0.15, 0.2) is 6.61 Å². The lowest BCUT2D eigenvalue weighted by atomic mass is 10.1. The van der Waals surface area contributed by atoms with E-state index < -0.39 is 11.7 Å². The first kappa shape index (κ1) is 19.4. The number of halogens is 1. The van der Waals surface area contributed by atoms with Gasteiger partial charge >= 0.3 is 0 Å². The second-order valence-corrected chi connectivity index (χ2v) is 5.86. The van der Waals surface area contributed by atoms with Gasteiger partial charge in [-0.3, -0.25) is 9.59 Å². The van der Waals surface area contributed by atoms with Crippen LogP contribution < -0.4 is 21.1 Å². The van der Waals surface area contributed by atoms with E-state index in [0.717, 1.165) is 0 Å². The zero-order chi connectivity index (χ0) is 18.9.